The first-order valence-corrected chi connectivity index (χ1v) is 39.7. The number of ether oxygens (including phenoxy) is 8. The van der Waals surface area contributed by atoms with Gasteiger partial charge in [0, 0.05) is 51.2 Å². The Morgan fingerprint density at radius 1 is 0.833 bits per heavy atom. The van der Waals surface area contributed by atoms with Gasteiger partial charge in [-0.15, -0.1) is 0 Å². The second-order valence-electron chi connectivity index (χ2n) is 27.6. The molecule has 6 bridgehead atoms. The zero-order chi connectivity index (χ0) is 60.5. The molecule has 8 saturated heterocycles. The van der Waals surface area contributed by atoms with Crippen molar-refractivity contribution in [3.8, 4) is 0 Å². The summed E-state index contributed by atoms with van der Waals surface area (Å²) in [4.78, 5) is 13.5. The van der Waals surface area contributed by atoms with E-state index in [2.05, 4.69) is 104 Å². The van der Waals surface area contributed by atoms with Gasteiger partial charge in [0.2, 0.25) is 0 Å². The van der Waals surface area contributed by atoms with E-state index in [0.29, 0.717) is 68.0 Å². The van der Waals surface area contributed by atoms with Crippen LogP contribution in [0.15, 0.2) is 88.8 Å². The Kier molecular flexibility index (Phi) is 21.7. The molecule has 10 rings (SSSR count). The van der Waals surface area contributed by atoms with Crippen molar-refractivity contribution >= 4 is 48.4 Å². The Hall–Kier alpha value is -2.15. The number of hydrogen-bond acceptors (Lipinski definition) is 14. The molecule has 18 heteroatoms. The largest absolute Gasteiger partial charge is 0.458 e. The van der Waals surface area contributed by atoms with Gasteiger partial charge in [0.15, 0.2) is 32.3 Å². The van der Waals surface area contributed by atoms with E-state index in [1.165, 1.54) is 0 Å². The summed E-state index contributed by atoms with van der Waals surface area (Å²) in [6.07, 6.45) is 0.160. The maximum atomic E-state index is 15.7. The molecule has 8 fully saturated rings. The van der Waals surface area contributed by atoms with Crippen LogP contribution in [0.4, 0.5) is 0 Å². The van der Waals surface area contributed by atoms with Crippen LogP contribution in [0, 0.1) is 23.7 Å². The van der Waals surface area contributed by atoms with Crippen LogP contribution in [0.5, 0.6) is 0 Å². The molecule has 1 N–H and O–H groups in total. The van der Waals surface area contributed by atoms with Crippen LogP contribution in [0.2, 0.25) is 36.3 Å². The summed E-state index contributed by atoms with van der Waals surface area (Å²) in [5.41, 5.74) is 1.46. The van der Waals surface area contributed by atoms with E-state index in [1.54, 1.807) is 36.4 Å². The number of benzene rings is 2. The highest BCUT2D eigenvalue weighted by Gasteiger charge is 2.69. The molecule has 2 aromatic carbocycles. The molecule has 84 heavy (non-hydrogen) atoms. The number of carbonyl (C=O) groups is 1. The predicted molar refractivity (Wildman–Crippen MR) is 335 cm³/mol. The summed E-state index contributed by atoms with van der Waals surface area (Å²) in [5.74, 6) is -2.04. The number of hydrogen-bond donors (Lipinski definition) is 1. The van der Waals surface area contributed by atoms with Crippen molar-refractivity contribution in [2.24, 2.45) is 23.7 Å². The maximum Gasteiger partial charge on any atom is 0.338 e. The second-order valence-corrected chi connectivity index (χ2v) is 40.4. The van der Waals surface area contributed by atoms with Gasteiger partial charge in [-0.3, -0.25) is 0 Å². The molecule has 0 radical (unpaired) electrons. The van der Waals surface area contributed by atoms with E-state index in [0.717, 1.165) is 49.6 Å². The van der Waals surface area contributed by atoms with Crippen molar-refractivity contribution in [1.29, 1.82) is 0 Å². The van der Waals surface area contributed by atoms with Crippen molar-refractivity contribution in [2.45, 2.75) is 277 Å². The number of fused-ring (bicyclic) bond motifs is 1. The van der Waals surface area contributed by atoms with E-state index in [1.807, 2.05) is 24.3 Å². The number of halogens is 1. The predicted octanol–water partition coefficient (Wildman–Crippen LogP) is 13.5. The smallest absolute Gasteiger partial charge is 0.338 e. The number of aliphatic hydroxyl groups excluding tert-OH is 1. The number of esters is 1. The maximum absolute atomic E-state index is 15.7. The third-order valence-corrected chi connectivity index (χ3v) is 32.7. The second kappa shape index (κ2) is 27.5. The fourth-order valence-corrected chi connectivity index (χ4v) is 21.1. The lowest BCUT2D eigenvalue weighted by molar-refractivity contribution is -0.293. The van der Waals surface area contributed by atoms with Gasteiger partial charge in [-0.2, -0.15) is 0 Å². The Morgan fingerprint density at radius 3 is 2.15 bits per heavy atom. The van der Waals surface area contributed by atoms with Gasteiger partial charge in [-0.25, -0.2) is 13.2 Å². The summed E-state index contributed by atoms with van der Waals surface area (Å²) < 4.78 is 101. The van der Waals surface area contributed by atoms with Crippen molar-refractivity contribution in [2.75, 3.05) is 13.2 Å². The van der Waals surface area contributed by atoms with Gasteiger partial charge < -0.3 is 51.9 Å². The van der Waals surface area contributed by atoms with Gasteiger partial charge in [0.1, 0.15) is 36.6 Å². The number of carbonyl (C=O) groups excluding carboxylic acids is 1. The van der Waals surface area contributed by atoms with E-state index in [4.69, 9.17) is 46.7 Å². The van der Waals surface area contributed by atoms with E-state index in [9.17, 15) is 9.90 Å². The van der Waals surface area contributed by atoms with Crippen LogP contribution in [0.3, 0.4) is 0 Å². The van der Waals surface area contributed by atoms with Crippen molar-refractivity contribution < 1.29 is 65.1 Å². The van der Waals surface area contributed by atoms with Crippen LogP contribution in [-0.4, -0.2) is 146 Å². The summed E-state index contributed by atoms with van der Waals surface area (Å²) in [7, 11) is -8.01. The van der Waals surface area contributed by atoms with Crippen LogP contribution in [0.1, 0.15) is 150 Å². The average Bonchev–Trinajstić information content (AvgIpc) is 1.59. The van der Waals surface area contributed by atoms with E-state index >= 15 is 8.42 Å². The van der Waals surface area contributed by atoms with Gasteiger partial charge in [0.25, 0.3) is 0 Å². The first-order valence-electron chi connectivity index (χ1n) is 32.0. The molecule has 0 saturated carbocycles. The van der Waals surface area contributed by atoms with Crippen LogP contribution in [0.25, 0.3) is 0 Å². The molecule has 0 aromatic heterocycles. The van der Waals surface area contributed by atoms with E-state index in [-0.39, 0.29) is 76.8 Å². The van der Waals surface area contributed by atoms with Crippen molar-refractivity contribution in [3.63, 3.8) is 0 Å². The molecule has 470 valence electrons. The summed E-state index contributed by atoms with van der Waals surface area (Å²) in [6, 6.07) is 20.9. The third-order valence-electron chi connectivity index (χ3n) is 20.9. The Labute approximate surface area is 513 Å². The minimum Gasteiger partial charge on any atom is -0.458 e. The fraction of sp³-hybridized carbons (Fsp3) is 0.742. The zero-order valence-corrected chi connectivity index (χ0v) is 56.6. The molecule has 8 aliphatic heterocycles. The molecular formula is C66H101BrO14SSi2. The highest BCUT2D eigenvalue weighted by atomic mass is 79.9. The SMILES string of the molecule is C=C(Br)C[C@@H](CC[C@@]12CC3O[C@H]4C(O1)[C@H]1O[C@@H](CC(O)C(C5[C@H](CC6O[C@@H](CCCO[Si](CC)(CC)CC)C[C@@H](C)C6=C)O[C@H](C[C@H](C)CO[Si](C)(C)C(C)(C)C)[C@@H]5C)S(=O)(=O)c5ccccc5)CC[C@@H]1O[C@H]4[C@H]3O2)OC(=O)c1ccccc1. The highest BCUT2D eigenvalue weighted by Crippen LogP contribution is 2.55. The van der Waals surface area contributed by atoms with Crippen molar-refractivity contribution in [1.82, 2.24) is 0 Å². The molecule has 8 aliphatic rings. The van der Waals surface area contributed by atoms with Crippen molar-refractivity contribution in [3.05, 3.63) is 89.4 Å². The fourth-order valence-electron chi connectivity index (χ4n) is 14.7. The average molecular weight is 1290 g/mol. The van der Waals surface area contributed by atoms with Gasteiger partial charge >= 0.3 is 5.97 Å². The monoisotopic (exact) mass is 1280 g/mol. The summed E-state index contributed by atoms with van der Waals surface area (Å²) in [5, 5.41) is 11.9. The Bertz CT molecular complexity index is 2630. The summed E-state index contributed by atoms with van der Waals surface area (Å²) in [6.45, 7) is 34.6. The standard InChI is InChI=1S/C66H101BrO14SSi2/c1-14-84(15-2,16-3)72-33-23-26-47-35-42(5)44(7)54(74-47)38-55-57(45(8)53(77-55)34-41(4)40-73-83(12,13)65(9,10)11)63(82(70,71)50-27-21-18-22-28-50)51(68)37-48-29-30-52-58(75-48)62-61-60(78-52)59-56(79-61)39-66(80-59,81-62)32-31-49(36-43(6)67)76-64(69)46-24-19-17-20-25-46/h17-22,24-25,27-28,41-42,45,47-49,51-63,68H,6-7,14-16,23,26,29-40H2,1-5,8-13H3/t41-,42+,45-,47-,48+,49+,51?,52-,53+,54?,55-,56?,57?,58-,59-,60-,61+,62?,63?,66-/m0/s1. The Morgan fingerprint density at radius 2 is 1.49 bits per heavy atom. The zero-order valence-electron chi connectivity index (χ0n) is 52.2. The molecule has 6 unspecified atom stereocenters. The third kappa shape index (κ3) is 14.7. The normalized spacial score (nSPS) is 34.6. The quantitative estimate of drug-likeness (QED) is 0.0370. The number of sulfone groups is 1. The lowest BCUT2D eigenvalue weighted by Gasteiger charge is -2.48. The molecule has 0 amide bonds. The molecule has 2 aromatic rings. The minimum absolute atomic E-state index is 0.00666. The number of aliphatic hydroxyl groups is 1. The van der Waals surface area contributed by atoms with Crippen LogP contribution >= 0.6 is 15.9 Å². The van der Waals surface area contributed by atoms with Gasteiger partial charge in [0.05, 0.1) is 64.5 Å². The first-order chi connectivity index (χ1) is 39.8. The molecule has 0 spiro atoms. The molecule has 8 heterocycles. The highest BCUT2D eigenvalue weighted by molar-refractivity contribution is 9.11. The van der Waals surface area contributed by atoms with Gasteiger partial charge in [-0.1, -0.05) is 128 Å². The van der Waals surface area contributed by atoms with Crippen LogP contribution in [-0.2, 0) is 56.6 Å². The lowest BCUT2D eigenvalue weighted by atomic mass is 9.78. The molecule has 0 aliphatic carbocycles. The van der Waals surface area contributed by atoms with Gasteiger partial charge in [-0.05, 0) is 133 Å². The Balaban J connectivity index is 0.960. The molecular weight excluding hydrogens is 1180 g/mol. The summed E-state index contributed by atoms with van der Waals surface area (Å²) >= 11 is 3.51. The molecule has 20 atom stereocenters. The minimum atomic E-state index is -4.22. The lowest BCUT2D eigenvalue weighted by Crippen LogP contribution is -2.62. The molecule has 14 nitrogen and oxygen atoms in total. The van der Waals surface area contributed by atoms with E-state index < -0.39 is 92.1 Å². The van der Waals surface area contributed by atoms with Crippen LogP contribution < -0.4 is 0 Å². The first kappa shape index (κ1) is 66.3. The number of rotatable bonds is 28. The topological polar surface area (TPSA) is 164 Å².